The first-order valence-corrected chi connectivity index (χ1v) is 7.51. The monoisotopic (exact) mass is 324 g/mol. The van der Waals surface area contributed by atoms with Crippen molar-refractivity contribution in [1.29, 1.82) is 0 Å². The van der Waals surface area contributed by atoms with Crippen molar-refractivity contribution in [2.75, 3.05) is 25.2 Å². The molecule has 0 aliphatic rings. The molecule has 0 spiro atoms. The summed E-state index contributed by atoms with van der Waals surface area (Å²) in [6.07, 6.45) is -5.02. The summed E-state index contributed by atoms with van der Waals surface area (Å²) in [5.41, 5.74) is -1.37. The van der Waals surface area contributed by atoms with Gasteiger partial charge in [0.1, 0.15) is 0 Å². The zero-order valence-electron chi connectivity index (χ0n) is 11.4. The molecule has 5 nitrogen and oxygen atoms in total. The van der Waals surface area contributed by atoms with Gasteiger partial charge in [-0.1, -0.05) is 12.1 Å². The summed E-state index contributed by atoms with van der Waals surface area (Å²) in [5.74, 6) is -1.27. The zero-order chi connectivity index (χ0) is 16.3. The summed E-state index contributed by atoms with van der Waals surface area (Å²) in [4.78, 5) is 11.6. The number of anilines is 1. The minimum absolute atomic E-state index is 0.391. The van der Waals surface area contributed by atoms with Crippen LogP contribution in [-0.2, 0) is 21.0 Å². The highest BCUT2D eigenvalue weighted by Crippen LogP contribution is 2.34. The summed E-state index contributed by atoms with van der Waals surface area (Å²) in [6.45, 7) is 0. The Morgan fingerprint density at radius 1 is 1.24 bits per heavy atom. The lowest BCUT2D eigenvalue weighted by Gasteiger charge is -2.14. The highest BCUT2D eigenvalue weighted by Gasteiger charge is 2.33. The van der Waals surface area contributed by atoms with E-state index in [2.05, 4.69) is 5.32 Å². The van der Waals surface area contributed by atoms with Gasteiger partial charge in [0, 0.05) is 20.5 Å². The fourth-order valence-corrected chi connectivity index (χ4v) is 2.26. The normalized spacial score (nSPS) is 12.5. The van der Waals surface area contributed by atoms with Gasteiger partial charge in [-0.25, -0.2) is 12.7 Å². The fraction of sp³-hybridized carbons (Fsp3) is 0.417. The van der Waals surface area contributed by atoms with Crippen LogP contribution in [0.4, 0.5) is 18.9 Å². The molecule has 118 valence electrons. The van der Waals surface area contributed by atoms with Gasteiger partial charge in [0.05, 0.1) is 17.0 Å². The fourth-order valence-electron chi connectivity index (χ4n) is 1.46. The Balaban J connectivity index is 2.77. The average molecular weight is 324 g/mol. The highest BCUT2D eigenvalue weighted by atomic mass is 32.2. The van der Waals surface area contributed by atoms with Crippen LogP contribution < -0.4 is 5.32 Å². The predicted octanol–water partition coefficient (Wildman–Crippen LogP) is 1.93. The quantitative estimate of drug-likeness (QED) is 0.900. The third-order valence-electron chi connectivity index (χ3n) is 2.65. The van der Waals surface area contributed by atoms with Gasteiger partial charge in [0.2, 0.25) is 15.9 Å². The van der Waals surface area contributed by atoms with Crippen molar-refractivity contribution in [2.45, 2.75) is 12.6 Å². The van der Waals surface area contributed by atoms with Crippen LogP contribution in [0.15, 0.2) is 24.3 Å². The van der Waals surface area contributed by atoms with Gasteiger partial charge in [0.15, 0.2) is 0 Å². The Hall–Kier alpha value is -1.61. The van der Waals surface area contributed by atoms with E-state index in [1.807, 2.05) is 0 Å². The standard InChI is InChI=1S/C12H15F3N2O3S/c1-17(2)21(19,20)8-7-11(18)16-10-6-4-3-5-9(10)12(13,14)15/h3-6H,7-8H2,1-2H3,(H,16,18). The lowest BCUT2D eigenvalue weighted by atomic mass is 10.1. The van der Waals surface area contributed by atoms with Crippen LogP contribution >= 0.6 is 0 Å². The number of amides is 1. The molecule has 0 aliphatic heterocycles. The molecular weight excluding hydrogens is 309 g/mol. The van der Waals surface area contributed by atoms with Crippen LogP contribution in [0.2, 0.25) is 0 Å². The van der Waals surface area contributed by atoms with Crippen LogP contribution in [-0.4, -0.2) is 38.5 Å². The van der Waals surface area contributed by atoms with Crippen LogP contribution in [0.1, 0.15) is 12.0 Å². The van der Waals surface area contributed by atoms with E-state index >= 15 is 0 Å². The third kappa shape index (κ3) is 5.01. The second-order valence-electron chi connectivity index (χ2n) is 4.44. The van der Waals surface area contributed by atoms with Crippen molar-refractivity contribution < 1.29 is 26.4 Å². The number of nitrogens with zero attached hydrogens (tertiary/aromatic N) is 1. The molecule has 0 aliphatic carbocycles. The Bertz CT molecular complexity index is 612. The molecule has 1 rings (SSSR count). The molecular formula is C12H15F3N2O3S. The van der Waals surface area contributed by atoms with E-state index in [1.165, 1.54) is 26.2 Å². The third-order valence-corrected chi connectivity index (χ3v) is 4.48. The first-order valence-electron chi connectivity index (χ1n) is 5.90. The van der Waals surface area contributed by atoms with E-state index in [9.17, 15) is 26.4 Å². The maximum atomic E-state index is 12.7. The Morgan fingerprint density at radius 2 is 1.81 bits per heavy atom. The smallest absolute Gasteiger partial charge is 0.325 e. The molecule has 1 aromatic rings. The number of benzene rings is 1. The number of alkyl halides is 3. The Morgan fingerprint density at radius 3 is 2.33 bits per heavy atom. The average Bonchev–Trinajstić information content (AvgIpc) is 2.35. The summed E-state index contributed by atoms with van der Waals surface area (Å²) in [6, 6.07) is 4.50. The first kappa shape index (κ1) is 17.4. The molecule has 0 bridgehead atoms. The largest absolute Gasteiger partial charge is 0.418 e. The van der Waals surface area contributed by atoms with E-state index in [1.54, 1.807) is 0 Å². The number of sulfonamides is 1. The minimum Gasteiger partial charge on any atom is -0.325 e. The van der Waals surface area contributed by atoms with Gasteiger partial charge in [-0.05, 0) is 12.1 Å². The van der Waals surface area contributed by atoms with E-state index in [-0.39, 0.29) is 0 Å². The molecule has 1 amide bonds. The number of carbonyl (C=O) groups is 1. The molecule has 21 heavy (non-hydrogen) atoms. The van der Waals surface area contributed by atoms with Crippen molar-refractivity contribution in [1.82, 2.24) is 4.31 Å². The molecule has 0 atom stereocenters. The van der Waals surface area contributed by atoms with Crippen LogP contribution in [0.25, 0.3) is 0 Å². The van der Waals surface area contributed by atoms with Crippen molar-refractivity contribution in [3.05, 3.63) is 29.8 Å². The van der Waals surface area contributed by atoms with Crippen molar-refractivity contribution in [2.24, 2.45) is 0 Å². The number of rotatable bonds is 5. The molecule has 0 aromatic heterocycles. The van der Waals surface area contributed by atoms with E-state index in [0.29, 0.717) is 0 Å². The molecule has 0 saturated heterocycles. The number of halogens is 3. The summed E-state index contributed by atoms with van der Waals surface area (Å²) >= 11 is 0. The van der Waals surface area contributed by atoms with Gasteiger partial charge in [-0.2, -0.15) is 13.2 Å². The van der Waals surface area contributed by atoms with E-state index in [4.69, 9.17) is 0 Å². The lowest BCUT2D eigenvalue weighted by Crippen LogP contribution is -2.27. The highest BCUT2D eigenvalue weighted by molar-refractivity contribution is 7.89. The molecule has 0 unspecified atom stereocenters. The maximum absolute atomic E-state index is 12.7. The Labute approximate surface area is 120 Å². The second-order valence-corrected chi connectivity index (χ2v) is 6.74. The van der Waals surface area contributed by atoms with Gasteiger partial charge < -0.3 is 5.32 Å². The van der Waals surface area contributed by atoms with Crippen LogP contribution in [0, 0.1) is 0 Å². The van der Waals surface area contributed by atoms with Crippen molar-refractivity contribution in [3.8, 4) is 0 Å². The van der Waals surface area contributed by atoms with E-state index in [0.717, 1.165) is 16.4 Å². The maximum Gasteiger partial charge on any atom is 0.418 e. The number of hydrogen-bond donors (Lipinski definition) is 1. The van der Waals surface area contributed by atoms with Crippen molar-refractivity contribution in [3.63, 3.8) is 0 Å². The van der Waals surface area contributed by atoms with Crippen LogP contribution in [0.3, 0.4) is 0 Å². The molecule has 0 fully saturated rings. The molecule has 0 heterocycles. The first-order chi connectivity index (χ1) is 9.54. The molecule has 0 radical (unpaired) electrons. The SMILES string of the molecule is CN(C)S(=O)(=O)CCC(=O)Nc1ccccc1C(F)(F)F. The van der Waals surface area contributed by atoms with Gasteiger partial charge in [-0.15, -0.1) is 0 Å². The van der Waals surface area contributed by atoms with Gasteiger partial charge in [0.25, 0.3) is 0 Å². The summed E-state index contributed by atoms with van der Waals surface area (Å²) < 4.78 is 62.1. The molecule has 1 N–H and O–H groups in total. The van der Waals surface area contributed by atoms with Crippen molar-refractivity contribution >= 4 is 21.6 Å². The van der Waals surface area contributed by atoms with E-state index < -0.39 is 45.5 Å². The lowest BCUT2D eigenvalue weighted by molar-refractivity contribution is -0.137. The van der Waals surface area contributed by atoms with Gasteiger partial charge in [-0.3, -0.25) is 4.79 Å². The molecule has 9 heteroatoms. The zero-order valence-corrected chi connectivity index (χ0v) is 12.3. The minimum atomic E-state index is -4.60. The topological polar surface area (TPSA) is 66.5 Å². The molecule has 0 saturated carbocycles. The molecule has 1 aromatic carbocycles. The summed E-state index contributed by atoms with van der Waals surface area (Å²) in [5, 5.41) is 2.09. The predicted molar refractivity (Wildman–Crippen MR) is 72.2 cm³/mol. The number of hydrogen-bond acceptors (Lipinski definition) is 3. The number of nitrogens with one attached hydrogen (secondary N) is 1. The van der Waals surface area contributed by atoms with Gasteiger partial charge >= 0.3 is 6.18 Å². The summed E-state index contributed by atoms with van der Waals surface area (Å²) in [7, 11) is -0.950. The van der Waals surface area contributed by atoms with Crippen LogP contribution in [0.5, 0.6) is 0 Å². The Kier molecular flexibility index (Phi) is 5.35. The second kappa shape index (κ2) is 6.44. The number of para-hydroxylation sites is 1. The number of carbonyl (C=O) groups excluding carboxylic acids is 1.